The van der Waals surface area contributed by atoms with E-state index in [1.807, 2.05) is 0 Å². The Morgan fingerprint density at radius 3 is 2.48 bits per heavy atom. The van der Waals surface area contributed by atoms with Gasteiger partial charge in [-0.25, -0.2) is 8.42 Å². The molecule has 0 unspecified atom stereocenters. The number of nitro groups is 1. The number of carboxylic acids is 1. The Bertz CT molecular complexity index is 626. The van der Waals surface area contributed by atoms with Crippen LogP contribution in [-0.4, -0.2) is 35.4 Å². The molecule has 0 aliphatic carbocycles. The summed E-state index contributed by atoms with van der Waals surface area (Å²) < 4.78 is 26.1. The molecule has 1 aromatic rings. The summed E-state index contributed by atoms with van der Waals surface area (Å²) in [5.41, 5.74) is 0. The van der Waals surface area contributed by atoms with E-state index in [-0.39, 0.29) is 17.2 Å². The molecule has 0 amide bonds. The summed E-state index contributed by atoms with van der Waals surface area (Å²) in [4.78, 5) is 23.8. The average Bonchev–Trinajstić information content (AvgIpc) is 2.37. The maximum absolute atomic E-state index is 12.0. The number of nitrogens with zero attached hydrogens (tertiary/aromatic N) is 2. The zero-order valence-corrected chi connectivity index (χ0v) is 12.2. The van der Waals surface area contributed by atoms with E-state index in [1.54, 1.807) is 13.8 Å². The van der Waals surface area contributed by atoms with Gasteiger partial charge in [-0.2, -0.15) is 4.72 Å². The van der Waals surface area contributed by atoms with Crippen molar-refractivity contribution in [1.82, 2.24) is 9.71 Å². The summed E-state index contributed by atoms with van der Waals surface area (Å²) in [6, 6.07) is 0.666. The molecule has 0 bridgehead atoms. The zero-order valence-electron chi connectivity index (χ0n) is 11.4. The monoisotopic (exact) mass is 317 g/mol. The SMILES string of the molecule is CC(C)C[C@H](NS(=O)(=O)c1ccc([N+](=O)[O-])nc1)C(=O)O. The van der Waals surface area contributed by atoms with Gasteiger partial charge in [0, 0.05) is 6.07 Å². The molecule has 116 valence electrons. The Morgan fingerprint density at radius 2 is 2.10 bits per heavy atom. The zero-order chi connectivity index (χ0) is 16.2. The van der Waals surface area contributed by atoms with Gasteiger partial charge in [0.15, 0.2) is 6.20 Å². The molecular formula is C11H15N3O6S. The molecule has 0 aliphatic heterocycles. The minimum atomic E-state index is -4.11. The lowest BCUT2D eigenvalue weighted by atomic mass is 10.1. The second-order valence-corrected chi connectivity index (χ2v) is 6.46. The van der Waals surface area contributed by atoms with Gasteiger partial charge in [-0.15, -0.1) is 0 Å². The van der Waals surface area contributed by atoms with Crippen molar-refractivity contribution in [2.24, 2.45) is 5.92 Å². The van der Waals surface area contributed by atoms with Gasteiger partial charge >= 0.3 is 11.8 Å². The number of pyridine rings is 1. The van der Waals surface area contributed by atoms with Crippen molar-refractivity contribution in [3.8, 4) is 0 Å². The van der Waals surface area contributed by atoms with Crippen LogP contribution in [0, 0.1) is 16.0 Å². The number of hydrogen-bond acceptors (Lipinski definition) is 6. The highest BCUT2D eigenvalue weighted by Gasteiger charge is 2.27. The quantitative estimate of drug-likeness (QED) is 0.559. The van der Waals surface area contributed by atoms with Gasteiger partial charge in [0.2, 0.25) is 10.0 Å². The Balaban J connectivity index is 2.98. The van der Waals surface area contributed by atoms with E-state index >= 15 is 0 Å². The van der Waals surface area contributed by atoms with Gasteiger partial charge < -0.3 is 15.2 Å². The number of carboxylic acid groups (broad SMARTS) is 1. The van der Waals surface area contributed by atoms with Crippen molar-refractivity contribution in [3.63, 3.8) is 0 Å². The summed E-state index contributed by atoms with van der Waals surface area (Å²) in [5.74, 6) is -1.81. The maximum atomic E-state index is 12.0. The lowest BCUT2D eigenvalue weighted by molar-refractivity contribution is -0.389. The molecule has 1 heterocycles. The van der Waals surface area contributed by atoms with Crippen LogP contribution in [0.1, 0.15) is 20.3 Å². The molecule has 0 fully saturated rings. The van der Waals surface area contributed by atoms with Crippen molar-refractivity contribution in [2.75, 3.05) is 0 Å². The largest absolute Gasteiger partial charge is 0.480 e. The first kappa shape index (κ1) is 17.0. The summed E-state index contributed by atoms with van der Waals surface area (Å²) >= 11 is 0. The van der Waals surface area contributed by atoms with Crippen LogP contribution in [0.2, 0.25) is 0 Å². The summed E-state index contributed by atoms with van der Waals surface area (Å²) in [6.45, 7) is 3.52. The smallest absolute Gasteiger partial charge is 0.363 e. The molecule has 0 radical (unpaired) electrons. The van der Waals surface area contributed by atoms with Crippen LogP contribution in [0.5, 0.6) is 0 Å². The van der Waals surface area contributed by atoms with Gasteiger partial charge in [-0.3, -0.25) is 4.79 Å². The fourth-order valence-corrected chi connectivity index (χ4v) is 2.71. The molecule has 10 heteroatoms. The Morgan fingerprint density at radius 1 is 1.48 bits per heavy atom. The fourth-order valence-electron chi connectivity index (χ4n) is 1.57. The van der Waals surface area contributed by atoms with Crippen molar-refractivity contribution in [2.45, 2.75) is 31.2 Å². The third-order valence-electron chi connectivity index (χ3n) is 2.52. The summed E-state index contributed by atoms with van der Waals surface area (Å²) in [5, 5.41) is 19.5. The lowest BCUT2D eigenvalue weighted by Gasteiger charge is -2.16. The topological polar surface area (TPSA) is 140 Å². The van der Waals surface area contributed by atoms with Crippen LogP contribution in [-0.2, 0) is 14.8 Å². The summed E-state index contributed by atoms with van der Waals surface area (Å²) in [6.07, 6.45) is 0.934. The molecule has 0 saturated heterocycles. The molecule has 21 heavy (non-hydrogen) atoms. The highest BCUT2D eigenvalue weighted by atomic mass is 32.2. The van der Waals surface area contributed by atoms with E-state index in [0.717, 1.165) is 18.3 Å². The predicted octanol–water partition coefficient (Wildman–Crippen LogP) is 0.767. The number of carbonyl (C=O) groups is 1. The third-order valence-corrected chi connectivity index (χ3v) is 3.98. The highest BCUT2D eigenvalue weighted by Crippen LogP contribution is 2.14. The molecule has 1 rings (SSSR count). The van der Waals surface area contributed by atoms with Crippen LogP contribution in [0.15, 0.2) is 23.2 Å². The number of rotatable bonds is 7. The van der Waals surface area contributed by atoms with Crippen LogP contribution in [0.3, 0.4) is 0 Å². The molecule has 0 saturated carbocycles. The van der Waals surface area contributed by atoms with E-state index in [0.29, 0.717) is 0 Å². The van der Waals surface area contributed by atoms with Crippen molar-refractivity contribution in [1.29, 1.82) is 0 Å². The first-order valence-electron chi connectivity index (χ1n) is 5.99. The molecular weight excluding hydrogens is 302 g/mol. The summed E-state index contributed by atoms with van der Waals surface area (Å²) in [7, 11) is -4.11. The molecule has 1 atom stereocenters. The Labute approximate surface area is 121 Å². The fraction of sp³-hybridized carbons (Fsp3) is 0.455. The van der Waals surface area contributed by atoms with E-state index < -0.39 is 32.8 Å². The Kier molecular flexibility index (Phi) is 5.33. The molecule has 0 aromatic carbocycles. The van der Waals surface area contributed by atoms with Gasteiger partial charge in [-0.1, -0.05) is 13.8 Å². The maximum Gasteiger partial charge on any atom is 0.363 e. The van der Waals surface area contributed by atoms with Crippen molar-refractivity contribution in [3.05, 3.63) is 28.4 Å². The lowest BCUT2D eigenvalue weighted by Crippen LogP contribution is -2.41. The first-order chi connectivity index (χ1) is 9.63. The molecule has 0 spiro atoms. The van der Waals surface area contributed by atoms with Gasteiger partial charge in [0.05, 0.1) is 0 Å². The van der Waals surface area contributed by atoms with Crippen LogP contribution in [0.4, 0.5) is 5.82 Å². The van der Waals surface area contributed by atoms with Gasteiger partial charge in [-0.05, 0) is 28.3 Å². The van der Waals surface area contributed by atoms with Crippen LogP contribution < -0.4 is 4.72 Å². The number of aliphatic carboxylic acids is 1. The van der Waals surface area contributed by atoms with Crippen LogP contribution >= 0.6 is 0 Å². The number of sulfonamides is 1. The van der Waals surface area contributed by atoms with E-state index in [4.69, 9.17) is 5.11 Å². The third kappa shape index (κ3) is 4.76. The average molecular weight is 317 g/mol. The second-order valence-electron chi connectivity index (χ2n) is 4.75. The van der Waals surface area contributed by atoms with Gasteiger partial charge in [0.1, 0.15) is 10.9 Å². The van der Waals surface area contributed by atoms with Gasteiger partial charge in [0.25, 0.3) is 0 Å². The van der Waals surface area contributed by atoms with Crippen LogP contribution in [0.25, 0.3) is 0 Å². The normalized spacial score (nSPS) is 13.1. The minimum absolute atomic E-state index is 0.0243. The number of hydrogen-bond donors (Lipinski definition) is 2. The minimum Gasteiger partial charge on any atom is -0.480 e. The standard InChI is InChI=1S/C11H15N3O6S/c1-7(2)5-9(11(15)16)13-21(19,20)8-3-4-10(12-6-8)14(17)18/h3-4,6-7,9,13H,5H2,1-2H3,(H,15,16)/t9-/m0/s1. The number of nitrogens with one attached hydrogen (secondary N) is 1. The molecule has 2 N–H and O–H groups in total. The van der Waals surface area contributed by atoms with E-state index in [1.165, 1.54) is 0 Å². The molecule has 1 aromatic heterocycles. The Hall–Kier alpha value is -2.07. The molecule has 0 aliphatic rings. The molecule has 9 nitrogen and oxygen atoms in total. The van der Waals surface area contributed by atoms with Crippen molar-refractivity contribution < 1.29 is 23.2 Å². The highest BCUT2D eigenvalue weighted by molar-refractivity contribution is 7.89. The van der Waals surface area contributed by atoms with Crippen molar-refractivity contribution >= 4 is 21.8 Å². The predicted molar refractivity (Wildman–Crippen MR) is 72.1 cm³/mol. The second kappa shape index (κ2) is 6.59. The number of aromatic nitrogens is 1. The first-order valence-corrected chi connectivity index (χ1v) is 7.47. The van der Waals surface area contributed by atoms with E-state index in [2.05, 4.69) is 9.71 Å². The van der Waals surface area contributed by atoms with E-state index in [9.17, 15) is 23.3 Å².